The molecule has 1 aromatic rings. The van der Waals surface area contributed by atoms with Gasteiger partial charge in [0.25, 0.3) is 0 Å². The molecule has 0 aliphatic heterocycles. The highest BCUT2D eigenvalue weighted by Crippen LogP contribution is 2.16. The number of hydrogen-bond donors (Lipinski definition) is 1. The number of halogens is 2. The van der Waals surface area contributed by atoms with Crippen molar-refractivity contribution in [2.45, 2.75) is 19.3 Å². The average Bonchev–Trinajstić information content (AvgIpc) is 2.22. The van der Waals surface area contributed by atoms with E-state index in [-0.39, 0.29) is 11.7 Å². The van der Waals surface area contributed by atoms with Gasteiger partial charge in [0.05, 0.1) is 0 Å². The lowest BCUT2D eigenvalue weighted by atomic mass is 10.1. The summed E-state index contributed by atoms with van der Waals surface area (Å²) in [6.45, 7) is 0. The summed E-state index contributed by atoms with van der Waals surface area (Å²) in [5.74, 6) is -0.347. The molecule has 0 fully saturated rings. The molecule has 0 spiro atoms. The largest absolute Gasteiger partial charge is 0.289 e. The van der Waals surface area contributed by atoms with Gasteiger partial charge >= 0.3 is 0 Å². The van der Waals surface area contributed by atoms with Gasteiger partial charge in [-0.05, 0) is 36.6 Å². The number of benzene rings is 1. The molecule has 17 heavy (non-hydrogen) atoms. The van der Waals surface area contributed by atoms with Crippen LogP contribution in [-0.4, -0.2) is 25.0 Å². The molecule has 1 N–H and O–H groups in total. The first-order chi connectivity index (χ1) is 7.99. The van der Waals surface area contributed by atoms with Gasteiger partial charge in [0.2, 0.25) is 5.91 Å². The molecule has 0 aliphatic carbocycles. The molecule has 0 aromatic heterocycles. The van der Waals surface area contributed by atoms with Crippen LogP contribution in [0.25, 0.3) is 0 Å². The van der Waals surface area contributed by atoms with Crippen molar-refractivity contribution in [3.63, 3.8) is 0 Å². The summed E-state index contributed by atoms with van der Waals surface area (Å²) in [6, 6.07) is 4.46. The number of hydrazine groups is 1. The molecule has 0 saturated heterocycles. The van der Waals surface area contributed by atoms with Gasteiger partial charge in [0.15, 0.2) is 0 Å². The lowest BCUT2D eigenvalue weighted by Crippen LogP contribution is -2.35. The lowest BCUT2D eigenvalue weighted by molar-refractivity contribution is -0.124. The van der Waals surface area contributed by atoms with E-state index in [1.165, 1.54) is 12.1 Å². The van der Waals surface area contributed by atoms with Gasteiger partial charge in [0.1, 0.15) is 5.82 Å². The van der Waals surface area contributed by atoms with Crippen LogP contribution < -0.4 is 5.43 Å². The molecular formula is C12H16ClFN2O. The molecule has 0 saturated carbocycles. The molecule has 0 atom stereocenters. The minimum absolute atomic E-state index is 0.0718. The van der Waals surface area contributed by atoms with Crippen LogP contribution >= 0.6 is 11.6 Å². The van der Waals surface area contributed by atoms with E-state index in [0.717, 1.165) is 0 Å². The van der Waals surface area contributed by atoms with Gasteiger partial charge in [-0.1, -0.05) is 11.6 Å². The van der Waals surface area contributed by atoms with Crippen molar-refractivity contribution >= 4 is 17.5 Å². The Labute approximate surface area is 106 Å². The predicted molar refractivity (Wildman–Crippen MR) is 66.2 cm³/mol. The Morgan fingerprint density at radius 1 is 1.47 bits per heavy atom. The number of rotatable bonds is 5. The maximum Gasteiger partial charge on any atom is 0.234 e. The van der Waals surface area contributed by atoms with Crippen molar-refractivity contribution in [1.29, 1.82) is 0 Å². The molecule has 1 amide bonds. The highest BCUT2D eigenvalue weighted by Gasteiger charge is 2.06. The SMILES string of the molecule is CN(C)NC(=O)CCCc1cc(Cl)ccc1F. The lowest BCUT2D eigenvalue weighted by Gasteiger charge is -2.11. The molecule has 1 rings (SSSR count). The molecule has 3 nitrogen and oxygen atoms in total. The minimum Gasteiger partial charge on any atom is -0.289 e. The summed E-state index contributed by atoms with van der Waals surface area (Å²) in [4.78, 5) is 11.3. The predicted octanol–water partition coefficient (Wildman–Crippen LogP) is 2.39. The first kappa shape index (κ1) is 13.9. The summed E-state index contributed by atoms with van der Waals surface area (Å²) in [5.41, 5.74) is 3.18. The average molecular weight is 259 g/mol. The van der Waals surface area contributed by atoms with E-state index in [2.05, 4.69) is 5.43 Å². The normalized spacial score (nSPS) is 10.6. The minimum atomic E-state index is -0.276. The van der Waals surface area contributed by atoms with Crippen molar-refractivity contribution in [2.75, 3.05) is 14.1 Å². The van der Waals surface area contributed by atoms with E-state index >= 15 is 0 Å². The number of hydrogen-bond acceptors (Lipinski definition) is 2. The molecule has 5 heteroatoms. The van der Waals surface area contributed by atoms with Crippen molar-refractivity contribution in [3.05, 3.63) is 34.6 Å². The number of carbonyl (C=O) groups excluding carboxylic acids is 1. The maximum atomic E-state index is 13.3. The van der Waals surface area contributed by atoms with Gasteiger partial charge in [-0.15, -0.1) is 0 Å². The number of amides is 1. The molecular weight excluding hydrogens is 243 g/mol. The van der Waals surface area contributed by atoms with Crippen molar-refractivity contribution in [3.8, 4) is 0 Å². The second-order valence-electron chi connectivity index (χ2n) is 4.02. The van der Waals surface area contributed by atoms with E-state index in [1.54, 1.807) is 25.2 Å². The molecule has 0 unspecified atom stereocenters. The van der Waals surface area contributed by atoms with E-state index in [4.69, 9.17) is 11.6 Å². The number of nitrogens with one attached hydrogen (secondary N) is 1. The standard InChI is InChI=1S/C12H16ClFN2O/c1-16(2)15-12(17)5-3-4-9-8-10(13)6-7-11(9)14/h6-8H,3-5H2,1-2H3,(H,15,17). The third kappa shape index (κ3) is 5.15. The zero-order valence-electron chi connectivity index (χ0n) is 9.96. The Balaban J connectivity index is 2.40. The number of nitrogens with zero attached hydrogens (tertiary/aromatic N) is 1. The van der Waals surface area contributed by atoms with Crippen LogP contribution in [0, 0.1) is 5.82 Å². The fourth-order valence-electron chi connectivity index (χ4n) is 1.48. The summed E-state index contributed by atoms with van der Waals surface area (Å²) in [7, 11) is 3.49. The van der Waals surface area contributed by atoms with Crippen LogP contribution in [0.4, 0.5) is 4.39 Å². The molecule has 94 valence electrons. The monoisotopic (exact) mass is 258 g/mol. The Morgan fingerprint density at radius 2 is 2.18 bits per heavy atom. The zero-order valence-corrected chi connectivity index (χ0v) is 10.7. The van der Waals surface area contributed by atoms with E-state index in [9.17, 15) is 9.18 Å². The van der Waals surface area contributed by atoms with Crippen LogP contribution in [0.1, 0.15) is 18.4 Å². The summed E-state index contributed by atoms with van der Waals surface area (Å²) >= 11 is 5.77. The smallest absolute Gasteiger partial charge is 0.234 e. The van der Waals surface area contributed by atoms with Crippen LogP contribution in [0.3, 0.4) is 0 Å². The highest BCUT2D eigenvalue weighted by atomic mass is 35.5. The van der Waals surface area contributed by atoms with E-state index in [0.29, 0.717) is 29.8 Å². The first-order valence-electron chi connectivity index (χ1n) is 5.40. The summed E-state index contributed by atoms with van der Waals surface area (Å²) in [5, 5.41) is 2.10. The van der Waals surface area contributed by atoms with Crippen LogP contribution in [0.2, 0.25) is 5.02 Å². The molecule has 1 aromatic carbocycles. The number of aryl methyl sites for hydroxylation is 1. The van der Waals surface area contributed by atoms with Gasteiger partial charge in [0, 0.05) is 25.5 Å². The van der Waals surface area contributed by atoms with Crippen LogP contribution in [0.15, 0.2) is 18.2 Å². The van der Waals surface area contributed by atoms with E-state index in [1.807, 2.05) is 0 Å². The Hall–Kier alpha value is -1.13. The molecule has 0 bridgehead atoms. The molecule has 0 aliphatic rings. The summed E-state index contributed by atoms with van der Waals surface area (Å²) in [6.07, 6.45) is 1.47. The van der Waals surface area contributed by atoms with Gasteiger partial charge in [-0.25, -0.2) is 9.40 Å². The van der Waals surface area contributed by atoms with E-state index < -0.39 is 0 Å². The van der Waals surface area contributed by atoms with Gasteiger partial charge < -0.3 is 0 Å². The maximum absolute atomic E-state index is 13.3. The number of carbonyl (C=O) groups is 1. The highest BCUT2D eigenvalue weighted by molar-refractivity contribution is 6.30. The van der Waals surface area contributed by atoms with Crippen molar-refractivity contribution < 1.29 is 9.18 Å². The quantitative estimate of drug-likeness (QED) is 0.823. The van der Waals surface area contributed by atoms with Crippen molar-refractivity contribution in [1.82, 2.24) is 10.4 Å². The Morgan fingerprint density at radius 3 is 2.82 bits per heavy atom. The van der Waals surface area contributed by atoms with Crippen LogP contribution in [0.5, 0.6) is 0 Å². The van der Waals surface area contributed by atoms with Gasteiger partial charge in [-0.2, -0.15) is 0 Å². The fourth-order valence-corrected chi connectivity index (χ4v) is 1.67. The Bertz CT molecular complexity index is 396. The second-order valence-corrected chi connectivity index (χ2v) is 4.46. The first-order valence-corrected chi connectivity index (χ1v) is 5.77. The molecule has 0 heterocycles. The third-order valence-corrected chi connectivity index (χ3v) is 2.44. The topological polar surface area (TPSA) is 32.3 Å². The van der Waals surface area contributed by atoms with Gasteiger partial charge in [-0.3, -0.25) is 10.2 Å². The Kier molecular flexibility index (Phi) is 5.38. The summed E-state index contributed by atoms with van der Waals surface area (Å²) < 4.78 is 13.3. The van der Waals surface area contributed by atoms with Crippen molar-refractivity contribution in [2.24, 2.45) is 0 Å². The fraction of sp³-hybridized carbons (Fsp3) is 0.417. The second kappa shape index (κ2) is 6.57. The zero-order chi connectivity index (χ0) is 12.8. The molecule has 0 radical (unpaired) electrons. The third-order valence-electron chi connectivity index (χ3n) is 2.21. The van der Waals surface area contributed by atoms with Crippen LogP contribution in [-0.2, 0) is 11.2 Å².